The predicted molar refractivity (Wildman–Crippen MR) is 155 cm³/mol. The summed E-state index contributed by atoms with van der Waals surface area (Å²) in [5.41, 5.74) is 0.700. The molecule has 1 fully saturated rings. The van der Waals surface area contributed by atoms with Gasteiger partial charge in [-0.05, 0) is 54.4 Å². The minimum absolute atomic E-state index is 0.0313. The summed E-state index contributed by atoms with van der Waals surface area (Å²) in [7, 11) is 0. The van der Waals surface area contributed by atoms with E-state index in [-0.39, 0.29) is 13.1 Å². The molecule has 0 spiro atoms. The van der Waals surface area contributed by atoms with Crippen LogP contribution >= 0.6 is 31.9 Å². The number of urea groups is 1. The molecule has 0 unspecified atom stereocenters. The summed E-state index contributed by atoms with van der Waals surface area (Å²) in [6.45, 7) is 3.67. The summed E-state index contributed by atoms with van der Waals surface area (Å²) < 4.78 is 30.6. The monoisotopic (exact) mass is 682 g/mol. The number of amides is 3. The van der Waals surface area contributed by atoms with Crippen LogP contribution in [0.4, 0.5) is 4.79 Å². The van der Waals surface area contributed by atoms with Crippen molar-refractivity contribution in [1.82, 2.24) is 9.80 Å². The molecule has 1 atom stereocenters. The molecular weight excluding hydrogens is 660 g/mol. The van der Waals surface area contributed by atoms with E-state index < -0.39 is 17.5 Å². The molecule has 0 bridgehead atoms. The number of imide groups is 1. The predicted octanol–water partition coefficient (Wildman–Crippen LogP) is 6.38. The highest BCUT2D eigenvalue weighted by atomic mass is 79.9. The van der Waals surface area contributed by atoms with Gasteiger partial charge < -0.3 is 23.4 Å². The summed E-state index contributed by atoms with van der Waals surface area (Å²) in [4.78, 5) is 31.3. The Balaban J connectivity index is 1.30. The molecule has 0 radical (unpaired) electrons. The number of hydrogen-bond donors (Lipinski definition) is 0. The van der Waals surface area contributed by atoms with E-state index in [1.54, 1.807) is 24.0 Å². The number of fused-ring (bicyclic) bond motifs is 3. The third-order valence-corrected chi connectivity index (χ3v) is 9.12. The van der Waals surface area contributed by atoms with Gasteiger partial charge in [0.1, 0.15) is 37.8 Å². The van der Waals surface area contributed by atoms with Gasteiger partial charge in [0.15, 0.2) is 28.5 Å². The van der Waals surface area contributed by atoms with Crippen LogP contribution in [0.3, 0.4) is 0 Å². The maximum absolute atomic E-state index is 14.3. The largest absolute Gasteiger partial charge is 0.486 e. The lowest BCUT2D eigenvalue weighted by Crippen LogP contribution is -2.43. The first-order chi connectivity index (χ1) is 19.8. The fourth-order valence-electron chi connectivity index (χ4n) is 5.42. The quantitative estimate of drug-likeness (QED) is 0.226. The molecule has 3 aliphatic heterocycles. The van der Waals surface area contributed by atoms with Crippen LogP contribution in [0, 0.1) is 0 Å². The maximum Gasteiger partial charge on any atom is 0.328 e. The normalized spacial score (nSPS) is 19.8. The van der Waals surface area contributed by atoms with Crippen molar-refractivity contribution in [2.24, 2.45) is 0 Å². The average molecular weight is 684 g/mol. The molecule has 9 nitrogen and oxygen atoms in total. The second kappa shape index (κ2) is 9.99. The second-order valence-electron chi connectivity index (χ2n) is 10.2. The van der Waals surface area contributed by atoms with Crippen molar-refractivity contribution in [3.8, 4) is 23.0 Å². The molecule has 7 rings (SSSR count). The molecule has 41 heavy (non-hydrogen) atoms. The summed E-state index contributed by atoms with van der Waals surface area (Å²) >= 11 is 7.21. The van der Waals surface area contributed by atoms with Gasteiger partial charge in [0, 0.05) is 14.3 Å². The van der Waals surface area contributed by atoms with E-state index in [0.717, 1.165) is 15.4 Å². The van der Waals surface area contributed by atoms with Gasteiger partial charge in [-0.2, -0.15) is 0 Å². The SMILES string of the molecule is C[C@]1(c2cc3ccccc3o2)C(=O)N(Cc2cc3c(cc2Br)OCCO3)C(=O)N1Cc1cc2c(cc1Br)OCCO2. The Bertz CT molecular complexity index is 1690. The zero-order valence-corrected chi connectivity index (χ0v) is 25.1. The number of nitrogens with zero attached hydrogens (tertiary/aromatic N) is 2. The first-order valence-corrected chi connectivity index (χ1v) is 14.7. The van der Waals surface area contributed by atoms with Gasteiger partial charge in [-0.25, -0.2) is 4.79 Å². The van der Waals surface area contributed by atoms with Gasteiger partial charge >= 0.3 is 6.03 Å². The molecule has 0 aliphatic carbocycles. The Morgan fingerprint density at radius 1 is 0.756 bits per heavy atom. The van der Waals surface area contributed by atoms with E-state index >= 15 is 0 Å². The summed E-state index contributed by atoms with van der Waals surface area (Å²) in [6.07, 6.45) is 0. The van der Waals surface area contributed by atoms with Gasteiger partial charge in [-0.3, -0.25) is 14.6 Å². The Kier molecular flexibility index (Phi) is 6.39. The van der Waals surface area contributed by atoms with E-state index in [4.69, 9.17) is 23.4 Å². The van der Waals surface area contributed by atoms with Crippen LogP contribution < -0.4 is 18.9 Å². The highest BCUT2D eigenvalue weighted by Gasteiger charge is 2.57. The first kappa shape index (κ1) is 26.2. The molecule has 0 saturated carbocycles. The summed E-state index contributed by atoms with van der Waals surface area (Å²) in [6, 6.07) is 16.2. The Morgan fingerprint density at radius 3 is 1.88 bits per heavy atom. The summed E-state index contributed by atoms with van der Waals surface area (Å²) in [5.74, 6) is 2.40. The fourth-order valence-corrected chi connectivity index (χ4v) is 6.32. The molecule has 1 aromatic heterocycles. The third kappa shape index (κ3) is 4.33. The number of para-hydroxylation sites is 1. The number of halogens is 2. The maximum atomic E-state index is 14.3. The van der Waals surface area contributed by atoms with Crippen LogP contribution in [-0.4, -0.2) is 48.2 Å². The number of carbonyl (C=O) groups is 2. The number of benzene rings is 3. The van der Waals surface area contributed by atoms with Crippen LogP contribution in [-0.2, 0) is 23.4 Å². The highest BCUT2D eigenvalue weighted by Crippen LogP contribution is 2.44. The molecule has 0 N–H and O–H groups in total. The van der Waals surface area contributed by atoms with Crippen LogP contribution in [0.5, 0.6) is 23.0 Å². The van der Waals surface area contributed by atoms with Crippen molar-refractivity contribution in [3.05, 3.63) is 80.4 Å². The minimum atomic E-state index is -1.41. The van der Waals surface area contributed by atoms with Crippen LogP contribution in [0.25, 0.3) is 11.0 Å². The van der Waals surface area contributed by atoms with Crippen molar-refractivity contribution in [2.45, 2.75) is 25.6 Å². The van der Waals surface area contributed by atoms with E-state index in [9.17, 15) is 9.59 Å². The van der Waals surface area contributed by atoms with Gasteiger partial charge in [0.2, 0.25) is 0 Å². The van der Waals surface area contributed by atoms with Gasteiger partial charge in [-0.1, -0.05) is 50.1 Å². The number of hydrogen-bond acceptors (Lipinski definition) is 7. The molecule has 4 heterocycles. The summed E-state index contributed by atoms with van der Waals surface area (Å²) in [5, 5.41) is 0.845. The van der Waals surface area contributed by atoms with Gasteiger partial charge in [0.25, 0.3) is 5.91 Å². The molecule has 4 aromatic rings. The minimum Gasteiger partial charge on any atom is -0.486 e. The molecule has 1 saturated heterocycles. The Hall–Kier alpha value is -3.70. The average Bonchev–Trinajstić information content (AvgIpc) is 3.49. The lowest BCUT2D eigenvalue weighted by Gasteiger charge is -2.30. The zero-order chi connectivity index (χ0) is 28.3. The van der Waals surface area contributed by atoms with Gasteiger partial charge in [0.05, 0.1) is 13.1 Å². The fraction of sp³-hybridized carbons (Fsp3) is 0.267. The smallest absolute Gasteiger partial charge is 0.328 e. The van der Waals surface area contributed by atoms with Gasteiger partial charge in [-0.15, -0.1) is 0 Å². The molecule has 3 aromatic carbocycles. The molecule has 11 heteroatoms. The van der Waals surface area contributed by atoms with Crippen molar-refractivity contribution < 1.29 is 33.0 Å². The molecule has 210 valence electrons. The van der Waals surface area contributed by atoms with E-state index in [1.165, 1.54) is 4.90 Å². The topological polar surface area (TPSA) is 90.7 Å². The van der Waals surface area contributed by atoms with Crippen molar-refractivity contribution in [2.75, 3.05) is 26.4 Å². The lowest BCUT2D eigenvalue weighted by atomic mass is 9.95. The van der Waals surface area contributed by atoms with Crippen molar-refractivity contribution >= 4 is 54.8 Å². The third-order valence-electron chi connectivity index (χ3n) is 7.65. The second-order valence-corrected chi connectivity index (χ2v) is 11.9. The lowest BCUT2D eigenvalue weighted by molar-refractivity contribution is -0.134. The highest BCUT2D eigenvalue weighted by molar-refractivity contribution is 9.10. The van der Waals surface area contributed by atoms with Crippen LogP contribution in [0.15, 0.2) is 68.0 Å². The van der Waals surface area contributed by atoms with Crippen molar-refractivity contribution in [3.63, 3.8) is 0 Å². The molecule has 3 amide bonds. The van der Waals surface area contributed by atoms with E-state index in [2.05, 4.69) is 31.9 Å². The number of rotatable bonds is 5. The van der Waals surface area contributed by atoms with Crippen molar-refractivity contribution in [1.29, 1.82) is 0 Å². The van der Waals surface area contributed by atoms with Crippen LogP contribution in [0.2, 0.25) is 0 Å². The standard InChI is InChI=1S/C30H24Br2N2O7/c1-30(27-12-17-4-2-3-5-22(17)41-27)28(35)33(15-18-10-23-25(13-20(18)31)39-8-6-37-23)29(36)34(30)16-19-11-24-26(14-21(19)32)40-9-7-38-24/h2-5,10-14H,6-9,15-16H2,1H3/t30-/m0/s1. The Labute approximate surface area is 252 Å². The number of ether oxygens (including phenoxy) is 4. The molecule has 3 aliphatic rings. The zero-order valence-electron chi connectivity index (χ0n) is 21.9. The first-order valence-electron chi connectivity index (χ1n) is 13.1. The number of carbonyl (C=O) groups excluding carboxylic acids is 2. The molecular formula is C30H24Br2N2O7. The number of furan rings is 1. The van der Waals surface area contributed by atoms with E-state index in [0.29, 0.717) is 70.8 Å². The Morgan fingerprint density at radius 2 is 1.29 bits per heavy atom. The van der Waals surface area contributed by atoms with E-state index in [1.807, 2.05) is 42.5 Å². The van der Waals surface area contributed by atoms with Crippen LogP contribution in [0.1, 0.15) is 23.8 Å².